The third-order valence-corrected chi connectivity index (χ3v) is 4.46. The maximum atomic E-state index is 12.0. The normalized spacial score (nSPS) is 12.8. The number of halogens is 1. The van der Waals surface area contributed by atoms with Crippen molar-refractivity contribution >= 4 is 43.5 Å². The number of sulfonamides is 1. The third kappa shape index (κ3) is 4.29. The van der Waals surface area contributed by atoms with E-state index in [0.717, 1.165) is 0 Å². The van der Waals surface area contributed by atoms with Gasteiger partial charge in [0.25, 0.3) is 0 Å². The molecule has 1 aromatic carbocycles. The third-order valence-electron chi connectivity index (χ3n) is 2.26. The van der Waals surface area contributed by atoms with Crippen LogP contribution in [0.5, 0.6) is 0 Å². The average Bonchev–Trinajstić information content (AvgIpc) is 2.30. The van der Waals surface area contributed by atoms with Gasteiger partial charge in [-0.2, -0.15) is 4.72 Å². The molecule has 1 aromatic rings. The van der Waals surface area contributed by atoms with E-state index in [1.807, 2.05) is 4.72 Å². The number of carbonyl (C=O) groups excluding carboxylic acids is 1. The first kappa shape index (κ1) is 16.6. The van der Waals surface area contributed by atoms with Gasteiger partial charge in [-0.05, 0) is 41.1 Å². The van der Waals surface area contributed by atoms with E-state index in [4.69, 9.17) is 5.11 Å². The molecule has 0 fully saturated rings. The highest BCUT2D eigenvalue weighted by atomic mass is 79.9. The number of rotatable bonds is 5. The Hall–Kier alpha value is -1.45. The molecule has 0 aromatic heterocycles. The summed E-state index contributed by atoms with van der Waals surface area (Å²) in [6.45, 7) is 2.55. The van der Waals surface area contributed by atoms with Crippen molar-refractivity contribution in [2.45, 2.75) is 24.8 Å². The smallest absolute Gasteiger partial charge is 0.321 e. The summed E-state index contributed by atoms with van der Waals surface area (Å²) in [6.07, 6.45) is 0. The number of aliphatic carboxylic acids is 1. The largest absolute Gasteiger partial charge is 0.480 e. The predicted molar refractivity (Wildman–Crippen MR) is 75.9 cm³/mol. The van der Waals surface area contributed by atoms with Gasteiger partial charge in [-0.3, -0.25) is 9.59 Å². The second-order valence-corrected chi connectivity index (χ2v) is 6.57. The average molecular weight is 365 g/mol. The first-order valence-electron chi connectivity index (χ1n) is 5.46. The summed E-state index contributed by atoms with van der Waals surface area (Å²) in [5.74, 6) is -1.57. The van der Waals surface area contributed by atoms with Gasteiger partial charge >= 0.3 is 5.97 Å². The van der Waals surface area contributed by atoms with Crippen molar-refractivity contribution in [1.29, 1.82) is 0 Å². The van der Waals surface area contributed by atoms with Crippen molar-refractivity contribution in [1.82, 2.24) is 4.72 Å². The summed E-state index contributed by atoms with van der Waals surface area (Å²) in [6, 6.07) is 2.72. The molecule has 1 atom stereocenters. The van der Waals surface area contributed by atoms with Gasteiger partial charge < -0.3 is 10.4 Å². The van der Waals surface area contributed by atoms with E-state index in [-0.39, 0.29) is 10.8 Å². The van der Waals surface area contributed by atoms with E-state index in [2.05, 4.69) is 21.2 Å². The van der Waals surface area contributed by atoms with Crippen LogP contribution in [0.2, 0.25) is 0 Å². The fraction of sp³-hybridized carbons (Fsp3) is 0.273. The zero-order chi connectivity index (χ0) is 15.5. The Bertz CT molecular complexity index is 644. The molecule has 0 spiro atoms. The lowest BCUT2D eigenvalue weighted by Gasteiger charge is -2.12. The molecule has 0 saturated heterocycles. The van der Waals surface area contributed by atoms with Gasteiger partial charge in [-0.15, -0.1) is 0 Å². The Morgan fingerprint density at radius 3 is 2.40 bits per heavy atom. The highest BCUT2D eigenvalue weighted by Crippen LogP contribution is 2.25. The molecular formula is C11H13BrN2O5S. The van der Waals surface area contributed by atoms with E-state index in [1.54, 1.807) is 0 Å². The summed E-state index contributed by atoms with van der Waals surface area (Å²) < 4.78 is 26.3. The highest BCUT2D eigenvalue weighted by Gasteiger charge is 2.22. The molecule has 9 heteroatoms. The zero-order valence-electron chi connectivity index (χ0n) is 10.7. The number of benzene rings is 1. The van der Waals surface area contributed by atoms with E-state index in [0.29, 0.717) is 10.2 Å². The maximum absolute atomic E-state index is 12.0. The Kier molecular flexibility index (Phi) is 5.26. The Morgan fingerprint density at radius 1 is 1.35 bits per heavy atom. The van der Waals surface area contributed by atoms with Crippen molar-refractivity contribution in [3.05, 3.63) is 22.7 Å². The quantitative estimate of drug-likeness (QED) is 0.725. The van der Waals surface area contributed by atoms with Crippen LogP contribution >= 0.6 is 15.9 Å². The van der Waals surface area contributed by atoms with Crippen molar-refractivity contribution in [2.24, 2.45) is 0 Å². The van der Waals surface area contributed by atoms with Crippen LogP contribution < -0.4 is 10.0 Å². The van der Waals surface area contributed by atoms with Crippen molar-refractivity contribution in [3.8, 4) is 0 Å². The van der Waals surface area contributed by atoms with Crippen molar-refractivity contribution < 1.29 is 23.1 Å². The maximum Gasteiger partial charge on any atom is 0.321 e. The first-order chi connectivity index (χ1) is 9.13. The second kappa shape index (κ2) is 6.33. The molecule has 0 aliphatic heterocycles. The highest BCUT2D eigenvalue weighted by molar-refractivity contribution is 9.10. The summed E-state index contributed by atoms with van der Waals surface area (Å²) in [5, 5.41) is 11.2. The summed E-state index contributed by atoms with van der Waals surface area (Å²) in [5.41, 5.74) is 0.419. The zero-order valence-corrected chi connectivity index (χ0v) is 13.1. The summed E-state index contributed by atoms with van der Waals surface area (Å²) in [7, 11) is -3.95. The van der Waals surface area contributed by atoms with Gasteiger partial charge in [-0.1, -0.05) is 0 Å². The van der Waals surface area contributed by atoms with Crippen LogP contribution in [-0.4, -0.2) is 31.4 Å². The fourth-order valence-electron chi connectivity index (χ4n) is 1.31. The minimum Gasteiger partial charge on any atom is -0.480 e. The molecule has 20 heavy (non-hydrogen) atoms. The van der Waals surface area contributed by atoms with E-state index in [1.165, 1.54) is 32.0 Å². The van der Waals surface area contributed by atoms with Gasteiger partial charge in [0.15, 0.2) is 0 Å². The topological polar surface area (TPSA) is 113 Å². The molecule has 0 heterocycles. The number of anilines is 1. The molecule has 1 amide bonds. The van der Waals surface area contributed by atoms with Crippen LogP contribution in [-0.2, 0) is 19.6 Å². The number of hydrogen-bond acceptors (Lipinski definition) is 4. The van der Waals surface area contributed by atoms with E-state index in [9.17, 15) is 18.0 Å². The standard InChI is InChI=1S/C11H13BrN2O5S/c1-6(11(16)17)14-20(18,19)8-3-4-10(9(12)5-8)13-7(2)15/h3-6,14H,1-2H3,(H,13,15)(H,16,17)/t6-/m0/s1. The lowest BCUT2D eigenvalue weighted by atomic mass is 10.3. The molecule has 110 valence electrons. The Morgan fingerprint density at radius 2 is 1.95 bits per heavy atom. The molecule has 0 aliphatic rings. The predicted octanol–water partition coefficient (Wildman–Crippen LogP) is 1.16. The molecule has 7 nitrogen and oxygen atoms in total. The minimum absolute atomic E-state index is 0.105. The fourth-order valence-corrected chi connectivity index (χ4v) is 3.16. The number of amides is 1. The van der Waals surface area contributed by atoms with Gasteiger partial charge in [0, 0.05) is 11.4 Å². The monoisotopic (exact) mass is 364 g/mol. The SMILES string of the molecule is CC(=O)Nc1ccc(S(=O)(=O)N[C@@H](C)C(=O)O)cc1Br. The second-order valence-electron chi connectivity index (χ2n) is 4.00. The number of carboxylic acids is 1. The number of nitrogens with one attached hydrogen (secondary N) is 2. The summed E-state index contributed by atoms with van der Waals surface area (Å²) in [4.78, 5) is 21.5. The number of carbonyl (C=O) groups is 2. The molecule has 3 N–H and O–H groups in total. The lowest BCUT2D eigenvalue weighted by Crippen LogP contribution is -2.38. The number of carboxylic acid groups (broad SMARTS) is 1. The van der Waals surface area contributed by atoms with Gasteiger partial charge in [0.1, 0.15) is 6.04 Å². The van der Waals surface area contributed by atoms with Crippen molar-refractivity contribution in [3.63, 3.8) is 0 Å². The molecule has 0 aliphatic carbocycles. The number of hydrogen-bond donors (Lipinski definition) is 3. The van der Waals surface area contributed by atoms with Crippen LogP contribution in [0.15, 0.2) is 27.6 Å². The van der Waals surface area contributed by atoms with Crippen LogP contribution in [0.25, 0.3) is 0 Å². The van der Waals surface area contributed by atoms with E-state index >= 15 is 0 Å². The van der Waals surface area contributed by atoms with E-state index < -0.39 is 22.0 Å². The van der Waals surface area contributed by atoms with Crippen LogP contribution in [0.3, 0.4) is 0 Å². The molecule has 0 saturated carbocycles. The lowest BCUT2D eigenvalue weighted by molar-refractivity contribution is -0.138. The Balaban J connectivity index is 3.05. The van der Waals surface area contributed by atoms with Crippen LogP contribution in [0, 0.1) is 0 Å². The Labute approximate surface area is 124 Å². The molecule has 0 radical (unpaired) electrons. The van der Waals surface area contributed by atoms with Crippen LogP contribution in [0.1, 0.15) is 13.8 Å². The molecular weight excluding hydrogens is 352 g/mol. The minimum atomic E-state index is -3.95. The molecule has 1 rings (SSSR count). The summed E-state index contributed by atoms with van der Waals surface area (Å²) >= 11 is 3.14. The van der Waals surface area contributed by atoms with Gasteiger partial charge in [0.2, 0.25) is 15.9 Å². The first-order valence-corrected chi connectivity index (χ1v) is 7.73. The van der Waals surface area contributed by atoms with Gasteiger partial charge in [0.05, 0.1) is 10.6 Å². The molecule has 0 bridgehead atoms. The van der Waals surface area contributed by atoms with Crippen molar-refractivity contribution in [2.75, 3.05) is 5.32 Å². The molecule has 0 unspecified atom stereocenters. The van der Waals surface area contributed by atoms with Crippen LogP contribution in [0.4, 0.5) is 5.69 Å². The van der Waals surface area contributed by atoms with Gasteiger partial charge in [-0.25, -0.2) is 8.42 Å².